The van der Waals surface area contributed by atoms with E-state index in [1.807, 2.05) is 24.3 Å². The van der Waals surface area contributed by atoms with E-state index in [4.69, 9.17) is 4.74 Å². The van der Waals surface area contributed by atoms with Crippen molar-refractivity contribution in [2.45, 2.75) is 20.0 Å². The first-order valence-electron chi connectivity index (χ1n) is 10.9. The average Bonchev–Trinajstić information content (AvgIpc) is 3.48. The van der Waals surface area contributed by atoms with Crippen molar-refractivity contribution >= 4 is 33.5 Å². The summed E-state index contributed by atoms with van der Waals surface area (Å²) >= 11 is 1.56. The molecular weight excluding hydrogens is 440 g/mol. The predicted molar refractivity (Wildman–Crippen MR) is 129 cm³/mol. The van der Waals surface area contributed by atoms with Crippen LogP contribution in [0.5, 0.6) is 5.75 Å². The lowest BCUT2D eigenvalue weighted by Gasteiger charge is -2.22. The Morgan fingerprint density at radius 1 is 1.21 bits per heavy atom. The maximum Gasteiger partial charge on any atom is 0.352 e. The van der Waals surface area contributed by atoms with Crippen LogP contribution in [-0.4, -0.2) is 75.6 Å². The van der Waals surface area contributed by atoms with Gasteiger partial charge in [-0.1, -0.05) is 19.1 Å². The summed E-state index contributed by atoms with van der Waals surface area (Å²) in [5, 5.41) is 5.04. The summed E-state index contributed by atoms with van der Waals surface area (Å²) < 4.78 is 8.33. The highest BCUT2D eigenvalue weighted by Gasteiger charge is 2.18. The number of ether oxygens (including phenoxy) is 1. The van der Waals surface area contributed by atoms with E-state index in [0.29, 0.717) is 25.3 Å². The number of hydrogen-bond donors (Lipinski definition) is 0. The van der Waals surface area contributed by atoms with Crippen LogP contribution in [0, 0.1) is 0 Å². The summed E-state index contributed by atoms with van der Waals surface area (Å²) in [7, 11) is 3.70. The number of carbonyl (C=O) groups is 1. The molecule has 1 aromatic carbocycles. The molecule has 33 heavy (non-hydrogen) atoms. The van der Waals surface area contributed by atoms with Crippen LogP contribution < -0.4 is 10.4 Å². The molecule has 0 saturated heterocycles. The molecule has 4 rings (SSSR count). The smallest absolute Gasteiger partial charge is 0.352 e. The summed E-state index contributed by atoms with van der Waals surface area (Å²) in [5.41, 5.74) is 1.31. The quantitative estimate of drug-likeness (QED) is 0.312. The van der Waals surface area contributed by atoms with Crippen LogP contribution >= 0.6 is 11.3 Å². The van der Waals surface area contributed by atoms with E-state index in [0.717, 1.165) is 52.3 Å². The number of likely N-dealkylation sites (N-methyl/N-ethyl adjacent to an activating group) is 1. The van der Waals surface area contributed by atoms with E-state index in [1.165, 1.54) is 10.8 Å². The second kappa shape index (κ2) is 10.2. The monoisotopic (exact) mass is 468 g/mol. The summed E-state index contributed by atoms with van der Waals surface area (Å²) in [5.74, 6) is 0.769. The van der Waals surface area contributed by atoms with Crippen LogP contribution in [0.4, 0.5) is 0 Å². The van der Waals surface area contributed by atoms with Gasteiger partial charge in [-0.2, -0.15) is 9.61 Å². The van der Waals surface area contributed by atoms with Crippen molar-refractivity contribution in [3.05, 3.63) is 57.6 Å². The molecule has 0 amide bonds. The topological polar surface area (TPSA) is 85.0 Å². The van der Waals surface area contributed by atoms with Crippen LogP contribution in [0.1, 0.15) is 17.4 Å². The number of carbonyl (C=O) groups excluding carboxylic acids is 1. The summed E-state index contributed by atoms with van der Waals surface area (Å²) in [6.45, 7) is 6.15. The maximum atomic E-state index is 13.2. The zero-order chi connectivity index (χ0) is 23.4. The number of hydrogen-bond acceptors (Lipinski definition) is 8. The van der Waals surface area contributed by atoms with E-state index >= 15 is 0 Å². The van der Waals surface area contributed by atoms with Crippen LogP contribution in [0.25, 0.3) is 15.9 Å². The van der Waals surface area contributed by atoms with Gasteiger partial charge in [0.1, 0.15) is 23.2 Å². The minimum atomic E-state index is -0.228. The number of thiophene rings is 1. The van der Waals surface area contributed by atoms with Gasteiger partial charge in [0.25, 0.3) is 0 Å². The molecule has 4 aromatic rings. The van der Waals surface area contributed by atoms with Gasteiger partial charge in [-0.15, -0.1) is 11.3 Å². The Hall–Kier alpha value is -3.08. The van der Waals surface area contributed by atoms with Crippen molar-refractivity contribution in [1.82, 2.24) is 29.0 Å². The Balaban J connectivity index is 1.71. The number of aromatic nitrogens is 4. The van der Waals surface area contributed by atoms with E-state index in [1.54, 1.807) is 23.0 Å². The van der Waals surface area contributed by atoms with Crippen molar-refractivity contribution in [1.29, 1.82) is 0 Å². The molecule has 0 aliphatic carbocycles. The molecule has 9 nitrogen and oxygen atoms in total. The number of nitrogens with zero attached hydrogens (tertiary/aromatic N) is 6. The van der Waals surface area contributed by atoms with E-state index in [-0.39, 0.29) is 5.69 Å². The molecule has 0 aliphatic heterocycles. The predicted octanol–water partition coefficient (Wildman–Crippen LogP) is 2.12. The lowest BCUT2D eigenvalue weighted by molar-refractivity contribution is -0.109. The van der Waals surface area contributed by atoms with Gasteiger partial charge in [0.15, 0.2) is 5.65 Å². The third-order valence-electron chi connectivity index (χ3n) is 5.76. The van der Waals surface area contributed by atoms with E-state index < -0.39 is 0 Å². The average molecular weight is 469 g/mol. The summed E-state index contributed by atoms with van der Waals surface area (Å²) in [4.78, 5) is 35.1. The largest absolute Gasteiger partial charge is 0.497 e. The zero-order valence-electron chi connectivity index (χ0n) is 19.1. The highest BCUT2D eigenvalue weighted by atomic mass is 32.1. The fourth-order valence-electron chi connectivity index (χ4n) is 3.72. The SMILES string of the molecule is CCN(C)CCN(CC=O)Cc1cc2c(s1)n(Cc1ccc(OC)cc1)c(=O)n1ncnc21. The fraction of sp³-hybridized carbons (Fsp3) is 0.391. The van der Waals surface area contributed by atoms with E-state index in [2.05, 4.69) is 39.9 Å². The fourth-order valence-corrected chi connectivity index (χ4v) is 4.91. The highest BCUT2D eigenvalue weighted by molar-refractivity contribution is 7.18. The van der Waals surface area contributed by atoms with Crippen molar-refractivity contribution in [2.75, 3.05) is 40.3 Å². The minimum Gasteiger partial charge on any atom is -0.497 e. The number of fused-ring (bicyclic) bond motifs is 3. The second-order valence-corrected chi connectivity index (χ2v) is 9.06. The summed E-state index contributed by atoms with van der Waals surface area (Å²) in [6, 6.07) is 9.74. The molecule has 0 unspecified atom stereocenters. The molecule has 10 heteroatoms. The van der Waals surface area contributed by atoms with Gasteiger partial charge >= 0.3 is 5.69 Å². The van der Waals surface area contributed by atoms with Gasteiger partial charge in [0.05, 0.1) is 25.6 Å². The molecule has 0 N–H and O–H groups in total. The van der Waals surface area contributed by atoms with Gasteiger partial charge in [-0.25, -0.2) is 9.78 Å². The Morgan fingerprint density at radius 2 is 2.00 bits per heavy atom. The molecular formula is C23H28N6O3S. The zero-order valence-corrected chi connectivity index (χ0v) is 19.9. The van der Waals surface area contributed by atoms with Crippen LogP contribution in [0.3, 0.4) is 0 Å². The first kappa shape index (κ1) is 23.1. The molecule has 0 bridgehead atoms. The van der Waals surface area contributed by atoms with Gasteiger partial charge in [-0.3, -0.25) is 9.47 Å². The number of aldehydes is 1. The van der Waals surface area contributed by atoms with Gasteiger partial charge in [0.2, 0.25) is 0 Å². The standard InChI is InChI=1S/C23H28N6O3S/c1-4-26(2)9-10-27(11-12-30)15-19-13-20-21-24-16-25-29(21)23(31)28(22(20)33-19)14-17-5-7-18(32-3)8-6-17/h5-8,12-13,16H,4,9-11,14-15H2,1-3H3. The molecule has 0 atom stereocenters. The van der Waals surface area contributed by atoms with Crippen molar-refractivity contribution < 1.29 is 9.53 Å². The molecule has 0 spiro atoms. The Labute approximate surface area is 195 Å². The Bertz CT molecular complexity index is 1290. The Morgan fingerprint density at radius 3 is 2.70 bits per heavy atom. The first-order valence-corrected chi connectivity index (χ1v) is 11.7. The molecule has 0 saturated carbocycles. The van der Waals surface area contributed by atoms with Crippen LogP contribution in [-0.2, 0) is 17.9 Å². The minimum absolute atomic E-state index is 0.228. The highest BCUT2D eigenvalue weighted by Crippen LogP contribution is 2.28. The van der Waals surface area contributed by atoms with Crippen LogP contribution in [0.15, 0.2) is 41.5 Å². The molecule has 3 heterocycles. The normalized spacial score (nSPS) is 11.8. The lowest BCUT2D eigenvalue weighted by atomic mass is 10.2. The van der Waals surface area contributed by atoms with E-state index in [9.17, 15) is 9.59 Å². The van der Waals surface area contributed by atoms with Gasteiger partial charge < -0.3 is 14.4 Å². The summed E-state index contributed by atoms with van der Waals surface area (Å²) in [6.07, 6.45) is 2.35. The van der Waals surface area contributed by atoms with Gasteiger partial charge in [0, 0.05) is 24.5 Å². The lowest BCUT2D eigenvalue weighted by Crippen LogP contribution is -2.33. The number of methoxy groups -OCH3 is 1. The van der Waals surface area contributed by atoms with Crippen LogP contribution in [0.2, 0.25) is 0 Å². The maximum absolute atomic E-state index is 13.2. The van der Waals surface area contributed by atoms with Crippen molar-refractivity contribution in [3.63, 3.8) is 0 Å². The molecule has 0 fully saturated rings. The van der Waals surface area contributed by atoms with Gasteiger partial charge in [-0.05, 0) is 37.4 Å². The molecule has 174 valence electrons. The number of rotatable bonds is 11. The number of benzene rings is 1. The third-order valence-corrected chi connectivity index (χ3v) is 6.90. The third kappa shape index (κ3) is 4.97. The first-order chi connectivity index (χ1) is 16.0. The molecule has 0 radical (unpaired) electrons. The molecule has 3 aromatic heterocycles. The Kier molecular flexibility index (Phi) is 7.17. The van der Waals surface area contributed by atoms with Crippen molar-refractivity contribution in [3.8, 4) is 5.75 Å². The second-order valence-electron chi connectivity index (χ2n) is 7.94. The molecule has 0 aliphatic rings. The van der Waals surface area contributed by atoms with Crippen molar-refractivity contribution in [2.24, 2.45) is 0 Å².